The van der Waals surface area contributed by atoms with Crippen molar-refractivity contribution < 1.29 is 9.47 Å². The number of aryl methyl sites for hydroxylation is 2. The molecule has 0 aromatic carbocycles. The van der Waals surface area contributed by atoms with Crippen LogP contribution in [0.4, 0.5) is 5.95 Å². The lowest BCUT2D eigenvalue weighted by atomic mass is 10.5. The fourth-order valence-electron chi connectivity index (χ4n) is 1.57. The number of hydrogen-bond acceptors (Lipinski definition) is 7. The Bertz CT molecular complexity index is 583. The quantitative estimate of drug-likeness (QED) is 0.857. The average Bonchev–Trinajstić information content (AvgIpc) is 2.74. The van der Waals surface area contributed by atoms with Crippen LogP contribution in [0.3, 0.4) is 0 Å². The van der Waals surface area contributed by atoms with Crippen molar-refractivity contribution >= 4 is 5.95 Å². The van der Waals surface area contributed by atoms with Crippen molar-refractivity contribution in [1.82, 2.24) is 24.7 Å². The summed E-state index contributed by atoms with van der Waals surface area (Å²) in [6.07, 6.45) is 0.963. The van der Waals surface area contributed by atoms with E-state index in [2.05, 4.69) is 32.3 Å². The Morgan fingerprint density at radius 3 is 2.60 bits per heavy atom. The van der Waals surface area contributed by atoms with Gasteiger partial charge in [0.25, 0.3) is 0 Å². The van der Waals surface area contributed by atoms with Crippen molar-refractivity contribution in [3.05, 3.63) is 11.8 Å². The molecule has 108 valence electrons. The lowest BCUT2D eigenvalue weighted by molar-refractivity contribution is 0.351. The van der Waals surface area contributed by atoms with Gasteiger partial charge >= 0.3 is 12.0 Å². The van der Waals surface area contributed by atoms with Crippen LogP contribution in [-0.2, 0) is 7.05 Å². The molecule has 0 unspecified atom stereocenters. The molecule has 20 heavy (non-hydrogen) atoms. The molecule has 0 fully saturated rings. The molecule has 8 heteroatoms. The second-order valence-corrected chi connectivity index (χ2v) is 4.20. The number of ether oxygens (including phenoxy) is 2. The summed E-state index contributed by atoms with van der Waals surface area (Å²) in [5.74, 6) is 0.977. The number of anilines is 1. The molecule has 0 spiro atoms. The van der Waals surface area contributed by atoms with Gasteiger partial charge in [-0.1, -0.05) is 6.92 Å². The van der Waals surface area contributed by atoms with Crippen molar-refractivity contribution in [2.75, 3.05) is 19.0 Å². The number of rotatable bonds is 6. The molecule has 2 aromatic rings. The standard InChI is InChI=1S/C12H18N6O2/c1-5-6-13-10-14-11(19-4)16-12(15-10)20-9-7-8(2)17-18(9)3/h7H,5-6H2,1-4H3,(H,13,14,15,16). The van der Waals surface area contributed by atoms with Gasteiger partial charge in [0.1, 0.15) is 0 Å². The summed E-state index contributed by atoms with van der Waals surface area (Å²) in [5, 5.41) is 7.27. The highest BCUT2D eigenvalue weighted by Gasteiger charge is 2.11. The van der Waals surface area contributed by atoms with E-state index in [-0.39, 0.29) is 12.0 Å². The van der Waals surface area contributed by atoms with Gasteiger partial charge in [-0.05, 0) is 13.3 Å². The molecule has 2 heterocycles. The van der Waals surface area contributed by atoms with Gasteiger partial charge in [-0.2, -0.15) is 15.1 Å². The highest BCUT2D eigenvalue weighted by Crippen LogP contribution is 2.20. The van der Waals surface area contributed by atoms with Crippen LogP contribution < -0.4 is 14.8 Å². The topological polar surface area (TPSA) is 87.0 Å². The highest BCUT2D eigenvalue weighted by molar-refractivity contribution is 5.29. The van der Waals surface area contributed by atoms with Crippen LogP contribution in [0.15, 0.2) is 6.07 Å². The maximum atomic E-state index is 5.61. The van der Waals surface area contributed by atoms with Gasteiger partial charge in [-0.3, -0.25) is 0 Å². The molecule has 1 N–H and O–H groups in total. The molecule has 0 bridgehead atoms. The molecule has 2 rings (SSSR count). The van der Waals surface area contributed by atoms with E-state index in [1.54, 1.807) is 17.8 Å². The Kier molecular flexibility index (Phi) is 4.34. The van der Waals surface area contributed by atoms with E-state index in [1.165, 1.54) is 7.11 Å². The van der Waals surface area contributed by atoms with Gasteiger partial charge in [-0.25, -0.2) is 4.68 Å². The predicted molar refractivity (Wildman–Crippen MR) is 73.2 cm³/mol. The second-order valence-electron chi connectivity index (χ2n) is 4.20. The summed E-state index contributed by atoms with van der Waals surface area (Å²) >= 11 is 0. The third-order valence-electron chi connectivity index (χ3n) is 2.46. The van der Waals surface area contributed by atoms with E-state index in [4.69, 9.17) is 9.47 Å². The molecule has 0 radical (unpaired) electrons. The van der Waals surface area contributed by atoms with Gasteiger partial charge in [0.15, 0.2) is 0 Å². The molecule has 8 nitrogen and oxygen atoms in total. The Balaban J connectivity index is 2.23. The molecule has 0 aliphatic heterocycles. The van der Waals surface area contributed by atoms with Crippen LogP contribution in [0.1, 0.15) is 19.0 Å². The Labute approximate surface area is 117 Å². The van der Waals surface area contributed by atoms with Gasteiger partial charge in [0, 0.05) is 19.7 Å². The van der Waals surface area contributed by atoms with Crippen molar-refractivity contribution in [3.8, 4) is 17.9 Å². The van der Waals surface area contributed by atoms with E-state index in [0.717, 1.165) is 18.7 Å². The number of methoxy groups -OCH3 is 1. The normalized spacial score (nSPS) is 10.4. The van der Waals surface area contributed by atoms with E-state index in [0.29, 0.717) is 11.8 Å². The fourth-order valence-corrected chi connectivity index (χ4v) is 1.57. The largest absolute Gasteiger partial charge is 0.467 e. The number of nitrogens with zero attached hydrogens (tertiary/aromatic N) is 5. The molecule has 0 saturated carbocycles. The first-order chi connectivity index (χ1) is 9.62. The fraction of sp³-hybridized carbons (Fsp3) is 0.500. The minimum Gasteiger partial charge on any atom is -0.467 e. The van der Waals surface area contributed by atoms with Gasteiger partial charge in [0.05, 0.1) is 12.8 Å². The number of nitrogens with one attached hydrogen (secondary N) is 1. The first kappa shape index (κ1) is 14.0. The maximum Gasteiger partial charge on any atom is 0.331 e. The summed E-state index contributed by atoms with van der Waals surface area (Å²) in [6, 6.07) is 2.17. The molecule has 0 aliphatic rings. The van der Waals surface area contributed by atoms with Gasteiger partial charge in [-0.15, -0.1) is 4.98 Å². The highest BCUT2D eigenvalue weighted by atomic mass is 16.5. The first-order valence-corrected chi connectivity index (χ1v) is 6.34. The summed E-state index contributed by atoms with van der Waals surface area (Å²) in [4.78, 5) is 12.3. The van der Waals surface area contributed by atoms with Gasteiger partial charge < -0.3 is 14.8 Å². The third kappa shape index (κ3) is 3.34. The second kappa shape index (κ2) is 6.18. The van der Waals surface area contributed by atoms with Crippen LogP contribution in [0.25, 0.3) is 0 Å². The van der Waals surface area contributed by atoms with Crippen molar-refractivity contribution in [3.63, 3.8) is 0 Å². The summed E-state index contributed by atoms with van der Waals surface area (Å²) in [7, 11) is 3.29. The predicted octanol–water partition coefficient (Wildman–Crippen LogP) is 1.54. The van der Waals surface area contributed by atoms with Crippen LogP contribution >= 0.6 is 0 Å². The SMILES string of the molecule is CCCNc1nc(OC)nc(Oc2cc(C)nn2C)n1. The zero-order chi connectivity index (χ0) is 14.5. The number of hydrogen-bond donors (Lipinski definition) is 1. The lowest BCUT2D eigenvalue weighted by Gasteiger charge is -2.08. The first-order valence-electron chi connectivity index (χ1n) is 6.34. The van der Waals surface area contributed by atoms with Crippen molar-refractivity contribution in [2.45, 2.75) is 20.3 Å². The van der Waals surface area contributed by atoms with E-state index in [9.17, 15) is 0 Å². The molecular formula is C12H18N6O2. The molecule has 0 aliphatic carbocycles. The van der Waals surface area contributed by atoms with E-state index >= 15 is 0 Å². The minimum atomic E-state index is 0.165. The smallest absolute Gasteiger partial charge is 0.331 e. The Morgan fingerprint density at radius 1 is 1.25 bits per heavy atom. The zero-order valence-electron chi connectivity index (χ0n) is 12.0. The monoisotopic (exact) mass is 278 g/mol. The number of aromatic nitrogens is 5. The molecule has 0 amide bonds. The van der Waals surface area contributed by atoms with E-state index < -0.39 is 0 Å². The van der Waals surface area contributed by atoms with Crippen LogP contribution in [0.5, 0.6) is 17.9 Å². The molecule has 0 atom stereocenters. The average molecular weight is 278 g/mol. The molecule has 2 aromatic heterocycles. The lowest BCUT2D eigenvalue weighted by Crippen LogP contribution is -2.08. The van der Waals surface area contributed by atoms with Crippen LogP contribution in [-0.4, -0.2) is 38.4 Å². The molecule has 0 saturated heterocycles. The third-order valence-corrected chi connectivity index (χ3v) is 2.46. The van der Waals surface area contributed by atoms with Crippen LogP contribution in [0, 0.1) is 6.92 Å². The summed E-state index contributed by atoms with van der Waals surface area (Å²) in [6.45, 7) is 4.70. The zero-order valence-corrected chi connectivity index (χ0v) is 12.0. The minimum absolute atomic E-state index is 0.165. The van der Waals surface area contributed by atoms with Crippen molar-refractivity contribution in [1.29, 1.82) is 0 Å². The Morgan fingerprint density at radius 2 is 2.00 bits per heavy atom. The summed E-state index contributed by atoms with van der Waals surface area (Å²) < 4.78 is 12.3. The molecular weight excluding hydrogens is 260 g/mol. The van der Waals surface area contributed by atoms with E-state index in [1.807, 2.05) is 6.92 Å². The maximum absolute atomic E-state index is 5.61. The Hall–Kier alpha value is -2.38. The van der Waals surface area contributed by atoms with Crippen LogP contribution in [0.2, 0.25) is 0 Å². The summed E-state index contributed by atoms with van der Waals surface area (Å²) in [5.41, 5.74) is 0.854. The van der Waals surface area contributed by atoms with Crippen molar-refractivity contribution in [2.24, 2.45) is 7.05 Å². The van der Waals surface area contributed by atoms with Gasteiger partial charge in [0.2, 0.25) is 11.8 Å².